The zero-order chi connectivity index (χ0) is 22.2. The fourth-order valence-electron chi connectivity index (χ4n) is 4.38. The van der Waals surface area contributed by atoms with Crippen LogP contribution in [0.5, 0.6) is 0 Å². The Morgan fingerprint density at radius 2 is 1.78 bits per heavy atom. The second kappa shape index (κ2) is 8.04. The van der Waals surface area contributed by atoms with Crippen molar-refractivity contribution in [1.29, 1.82) is 0 Å². The van der Waals surface area contributed by atoms with Crippen LogP contribution in [-0.4, -0.2) is 14.5 Å². The summed E-state index contributed by atoms with van der Waals surface area (Å²) in [6.07, 6.45) is 9.38. The molecule has 0 radical (unpaired) electrons. The standard InChI is InChI=1S/C28H24FN3/c1-4-7-23-25(18(2)3)28(32-15-13-22-17-30-14-12-24(22)32)26(29)27(31-23)21-11-10-19-8-5-6-9-20(19)16-21/h4-18H,1-3H3/b7-4-. The summed E-state index contributed by atoms with van der Waals surface area (Å²) in [6.45, 7) is 6.12. The van der Waals surface area contributed by atoms with Crippen molar-refractivity contribution in [2.24, 2.45) is 0 Å². The van der Waals surface area contributed by atoms with E-state index in [-0.39, 0.29) is 11.7 Å². The third kappa shape index (κ3) is 3.28. The lowest BCUT2D eigenvalue weighted by Crippen LogP contribution is -2.10. The quantitative estimate of drug-likeness (QED) is 0.300. The summed E-state index contributed by atoms with van der Waals surface area (Å²) in [7, 11) is 0. The average Bonchev–Trinajstić information content (AvgIpc) is 3.23. The van der Waals surface area contributed by atoms with E-state index in [1.165, 1.54) is 0 Å². The van der Waals surface area contributed by atoms with Gasteiger partial charge in [-0.2, -0.15) is 0 Å². The Labute approximate surface area is 186 Å². The van der Waals surface area contributed by atoms with Crippen LogP contribution in [0.4, 0.5) is 4.39 Å². The smallest absolute Gasteiger partial charge is 0.173 e. The van der Waals surface area contributed by atoms with Gasteiger partial charge in [-0.3, -0.25) is 4.98 Å². The first-order valence-corrected chi connectivity index (χ1v) is 10.8. The van der Waals surface area contributed by atoms with Crippen LogP contribution in [0.2, 0.25) is 0 Å². The van der Waals surface area contributed by atoms with Gasteiger partial charge in [0.2, 0.25) is 0 Å². The molecular weight excluding hydrogens is 397 g/mol. The van der Waals surface area contributed by atoms with E-state index >= 15 is 4.39 Å². The summed E-state index contributed by atoms with van der Waals surface area (Å²) in [5.74, 6) is -0.227. The fourth-order valence-corrected chi connectivity index (χ4v) is 4.38. The monoisotopic (exact) mass is 421 g/mol. The second-order valence-electron chi connectivity index (χ2n) is 8.26. The topological polar surface area (TPSA) is 30.7 Å². The van der Waals surface area contributed by atoms with E-state index in [1.807, 2.05) is 78.4 Å². The lowest BCUT2D eigenvalue weighted by atomic mass is 9.95. The zero-order valence-corrected chi connectivity index (χ0v) is 18.4. The number of benzene rings is 2. The molecule has 0 bridgehead atoms. The van der Waals surface area contributed by atoms with E-state index in [9.17, 15) is 0 Å². The highest BCUT2D eigenvalue weighted by Gasteiger charge is 2.24. The van der Waals surface area contributed by atoms with Crippen LogP contribution >= 0.6 is 0 Å². The van der Waals surface area contributed by atoms with Gasteiger partial charge in [-0.1, -0.05) is 56.3 Å². The zero-order valence-electron chi connectivity index (χ0n) is 18.4. The van der Waals surface area contributed by atoms with Crippen LogP contribution in [-0.2, 0) is 0 Å². The molecule has 2 aromatic carbocycles. The van der Waals surface area contributed by atoms with Gasteiger partial charge in [-0.05, 0) is 47.9 Å². The van der Waals surface area contributed by atoms with Gasteiger partial charge in [0, 0.05) is 35.1 Å². The molecule has 0 spiro atoms. The third-order valence-electron chi connectivity index (χ3n) is 5.84. The minimum Gasteiger partial charge on any atom is -0.313 e. The summed E-state index contributed by atoms with van der Waals surface area (Å²) in [4.78, 5) is 9.03. The Balaban J connectivity index is 1.86. The maximum absolute atomic E-state index is 16.4. The highest BCUT2D eigenvalue weighted by atomic mass is 19.1. The van der Waals surface area contributed by atoms with Crippen LogP contribution in [0, 0.1) is 5.82 Å². The maximum Gasteiger partial charge on any atom is 0.173 e. The molecule has 3 nitrogen and oxygen atoms in total. The Hall–Kier alpha value is -3.79. The summed E-state index contributed by atoms with van der Waals surface area (Å²) in [5, 5.41) is 3.15. The molecule has 0 saturated heterocycles. The van der Waals surface area contributed by atoms with E-state index in [2.05, 4.69) is 24.9 Å². The molecule has 0 atom stereocenters. The molecule has 5 rings (SSSR count). The van der Waals surface area contributed by atoms with E-state index in [0.717, 1.165) is 38.5 Å². The molecular formula is C28H24FN3. The van der Waals surface area contributed by atoms with Gasteiger partial charge < -0.3 is 4.57 Å². The van der Waals surface area contributed by atoms with Crippen molar-refractivity contribution in [3.63, 3.8) is 0 Å². The molecule has 5 aromatic rings. The maximum atomic E-state index is 16.4. The van der Waals surface area contributed by atoms with Crippen molar-refractivity contribution in [1.82, 2.24) is 14.5 Å². The molecule has 32 heavy (non-hydrogen) atoms. The van der Waals surface area contributed by atoms with Crippen LogP contribution in [0.25, 0.3) is 44.7 Å². The Morgan fingerprint density at radius 3 is 2.56 bits per heavy atom. The first kappa shape index (κ1) is 20.1. The molecule has 3 aromatic heterocycles. The fraction of sp³-hybridized carbons (Fsp3) is 0.143. The second-order valence-corrected chi connectivity index (χ2v) is 8.26. The van der Waals surface area contributed by atoms with E-state index in [0.29, 0.717) is 11.4 Å². The molecule has 0 aliphatic heterocycles. The largest absolute Gasteiger partial charge is 0.313 e. The van der Waals surface area contributed by atoms with Crippen molar-refractivity contribution in [3.05, 3.63) is 96.3 Å². The lowest BCUT2D eigenvalue weighted by Gasteiger charge is -2.20. The normalized spacial score (nSPS) is 11.9. The minimum atomic E-state index is -0.313. The molecule has 0 amide bonds. The summed E-state index contributed by atoms with van der Waals surface area (Å²) in [6, 6.07) is 18.0. The number of halogens is 1. The molecule has 0 N–H and O–H groups in total. The van der Waals surface area contributed by atoms with E-state index in [1.54, 1.807) is 12.4 Å². The van der Waals surface area contributed by atoms with Gasteiger partial charge in [0.1, 0.15) is 5.69 Å². The minimum absolute atomic E-state index is 0.0862. The van der Waals surface area contributed by atoms with Crippen LogP contribution in [0.1, 0.15) is 37.9 Å². The van der Waals surface area contributed by atoms with Crippen molar-refractivity contribution >= 4 is 27.8 Å². The van der Waals surface area contributed by atoms with Crippen LogP contribution in [0.15, 0.2) is 79.3 Å². The first-order chi connectivity index (χ1) is 15.6. The molecule has 0 aliphatic rings. The Morgan fingerprint density at radius 1 is 0.969 bits per heavy atom. The lowest BCUT2D eigenvalue weighted by molar-refractivity contribution is 0.610. The van der Waals surface area contributed by atoms with Gasteiger partial charge in [-0.15, -0.1) is 0 Å². The molecule has 0 unspecified atom stereocenters. The summed E-state index contributed by atoms with van der Waals surface area (Å²) in [5.41, 5.74) is 4.27. The number of pyridine rings is 2. The highest BCUT2D eigenvalue weighted by molar-refractivity contribution is 5.88. The Kier molecular flexibility index (Phi) is 5.06. The van der Waals surface area contributed by atoms with Gasteiger partial charge in [0.25, 0.3) is 0 Å². The van der Waals surface area contributed by atoms with Crippen molar-refractivity contribution in [2.45, 2.75) is 26.7 Å². The predicted octanol–water partition coefficient (Wildman–Crippen LogP) is 7.54. The molecule has 0 aliphatic carbocycles. The number of rotatable bonds is 4. The van der Waals surface area contributed by atoms with E-state index < -0.39 is 0 Å². The predicted molar refractivity (Wildman–Crippen MR) is 131 cm³/mol. The molecule has 0 saturated carbocycles. The van der Waals surface area contributed by atoms with Gasteiger partial charge in [0.05, 0.1) is 16.9 Å². The number of hydrogen-bond donors (Lipinski definition) is 0. The van der Waals surface area contributed by atoms with Crippen LogP contribution < -0.4 is 0 Å². The Bertz CT molecular complexity index is 1480. The van der Waals surface area contributed by atoms with Gasteiger partial charge >= 0.3 is 0 Å². The number of aromatic nitrogens is 3. The number of hydrogen-bond acceptors (Lipinski definition) is 2. The molecule has 0 fully saturated rings. The highest BCUT2D eigenvalue weighted by Crippen LogP contribution is 2.37. The summed E-state index contributed by atoms with van der Waals surface area (Å²) >= 11 is 0. The SMILES string of the molecule is C/C=C\c1nc(-c2ccc3ccccc3c2)c(F)c(-n2ccc3cnccc32)c1C(C)C. The third-order valence-corrected chi connectivity index (χ3v) is 5.84. The summed E-state index contributed by atoms with van der Waals surface area (Å²) < 4.78 is 18.3. The van der Waals surface area contributed by atoms with Crippen molar-refractivity contribution in [2.75, 3.05) is 0 Å². The van der Waals surface area contributed by atoms with Gasteiger partial charge in [0.15, 0.2) is 5.82 Å². The average molecular weight is 422 g/mol. The first-order valence-electron chi connectivity index (χ1n) is 10.8. The van der Waals surface area contributed by atoms with Crippen molar-refractivity contribution < 1.29 is 4.39 Å². The van der Waals surface area contributed by atoms with Crippen molar-refractivity contribution in [3.8, 4) is 16.9 Å². The van der Waals surface area contributed by atoms with Crippen LogP contribution in [0.3, 0.4) is 0 Å². The molecule has 158 valence electrons. The molecule has 3 heterocycles. The van der Waals surface area contributed by atoms with Gasteiger partial charge in [-0.25, -0.2) is 9.37 Å². The molecule has 4 heteroatoms. The number of fused-ring (bicyclic) bond motifs is 2. The van der Waals surface area contributed by atoms with E-state index in [4.69, 9.17) is 4.98 Å². The number of allylic oxidation sites excluding steroid dienone is 1. The number of nitrogens with zero attached hydrogens (tertiary/aromatic N) is 3.